The van der Waals surface area contributed by atoms with Crippen molar-refractivity contribution in [3.63, 3.8) is 0 Å². The van der Waals surface area contributed by atoms with E-state index in [0.29, 0.717) is 0 Å². The van der Waals surface area contributed by atoms with Crippen LogP contribution in [0.5, 0.6) is 0 Å². The molecule has 5 heteroatoms. The van der Waals surface area contributed by atoms with Crippen LogP contribution < -0.4 is 5.73 Å². The second kappa shape index (κ2) is 6.13. The minimum Gasteiger partial charge on any atom is -0.368 e. The van der Waals surface area contributed by atoms with Gasteiger partial charge in [-0.3, -0.25) is 9.78 Å². The first kappa shape index (κ1) is 12.5. The zero-order chi connectivity index (χ0) is 12.0. The Kier molecular flexibility index (Phi) is 4.80. The van der Waals surface area contributed by atoms with Gasteiger partial charge in [0.2, 0.25) is 5.91 Å². The van der Waals surface area contributed by atoms with Gasteiger partial charge in [-0.05, 0) is 17.4 Å². The molecule has 84 valence electrons. The van der Waals surface area contributed by atoms with Gasteiger partial charge in [0, 0.05) is 12.4 Å². The van der Waals surface area contributed by atoms with Crippen LogP contribution in [-0.4, -0.2) is 16.6 Å². The standard InChI is InChI=1S/C11H13N3OS/c1-2-16-10(9(6-12)11(13)15)8-4-3-5-14-7-8/h3-5,7,9-10H,2H2,1H3,(H2,13,15). The largest absolute Gasteiger partial charge is 0.368 e. The molecule has 0 aliphatic heterocycles. The van der Waals surface area contributed by atoms with E-state index in [1.807, 2.05) is 19.1 Å². The second-order valence-electron chi connectivity index (χ2n) is 3.17. The number of amides is 1. The molecule has 0 aromatic carbocycles. The molecular weight excluding hydrogens is 222 g/mol. The molecule has 1 amide bonds. The predicted octanol–water partition coefficient (Wildman–Crippen LogP) is 1.50. The number of nitrogens with zero attached hydrogens (tertiary/aromatic N) is 2. The zero-order valence-electron chi connectivity index (χ0n) is 8.96. The molecule has 1 heterocycles. The summed E-state index contributed by atoms with van der Waals surface area (Å²) < 4.78 is 0. The first-order valence-electron chi connectivity index (χ1n) is 4.91. The molecule has 0 aliphatic carbocycles. The molecule has 0 saturated carbocycles. The lowest BCUT2D eigenvalue weighted by Gasteiger charge is -2.18. The molecule has 0 aliphatic rings. The lowest BCUT2D eigenvalue weighted by atomic mass is 10.0. The van der Waals surface area contributed by atoms with Crippen molar-refractivity contribution in [2.75, 3.05) is 5.75 Å². The van der Waals surface area contributed by atoms with E-state index in [4.69, 9.17) is 11.0 Å². The van der Waals surface area contributed by atoms with Crippen LogP contribution in [0.1, 0.15) is 17.7 Å². The van der Waals surface area contributed by atoms with Crippen LogP contribution in [-0.2, 0) is 4.79 Å². The van der Waals surface area contributed by atoms with Gasteiger partial charge in [-0.25, -0.2) is 0 Å². The van der Waals surface area contributed by atoms with Crippen molar-refractivity contribution in [3.8, 4) is 6.07 Å². The molecule has 0 bridgehead atoms. The van der Waals surface area contributed by atoms with Crippen LogP contribution in [0.4, 0.5) is 0 Å². The number of carbonyl (C=O) groups excluding carboxylic acids is 1. The molecule has 2 atom stereocenters. The topological polar surface area (TPSA) is 79.8 Å². The van der Waals surface area contributed by atoms with Crippen LogP contribution >= 0.6 is 11.8 Å². The van der Waals surface area contributed by atoms with Crippen LogP contribution in [0.2, 0.25) is 0 Å². The lowest BCUT2D eigenvalue weighted by molar-refractivity contribution is -0.120. The zero-order valence-corrected chi connectivity index (χ0v) is 9.78. The normalized spacial score (nSPS) is 13.8. The molecule has 4 nitrogen and oxygen atoms in total. The van der Waals surface area contributed by atoms with Crippen molar-refractivity contribution in [1.82, 2.24) is 4.98 Å². The van der Waals surface area contributed by atoms with Gasteiger partial charge in [0.05, 0.1) is 11.3 Å². The van der Waals surface area contributed by atoms with Crippen molar-refractivity contribution < 1.29 is 4.79 Å². The van der Waals surface area contributed by atoms with E-state index in [1.54, 1.807) is 18.5 Å². The number of hydrogen-bond donors (Lipinski definition) is 1. The minimum atomic E-state index is -0.811. The maximum Gasteiger partial charge on any atom is 0.236 e. The maximum absolute atomic E-state index is 11.2. The summed E-state index contributed by atoms with van der Waals surface area (Å²) in [5, 5.41) is 8.74. The summed E-state index contributed by atoms with van der Waals surface area (Å²) in [6.45, 7) is 1.98. The third-order valence-corrected chi connectivity index (χ3v) is 3.34. The molecular formula is C11H13N3OS. The Bertz CT molecular complexity index is 388. The summed E-state index contributed by atoms with van der Waals surface area (Å²) in [7, 11) is 0. The minimum absolute atomic E-state index is 0.235. The molecule has 0 radical (unpaired) electrons. The van der Waals surface area contributed by atoms with Gasteiger partial charge in [-0.2, -0.15) is 17.0 Å². The van der Waals surface area contributed by atoms with E-state index in [1.165, 1.54) is 11.8 Å². The molecule has 1 aromatic rings. The Labute approximate surface area is 98.9 Å². The SMILES string of the molecule is CCSC(c1cccnc1)C(C#N)C(N)=O. The maximum atomic E-state index is 11.2. The number of pyridine rings is 1. The smallest absolute Gasteiger partial charge is 0.236 e. The second-order valence-corrected chi connectivity index (χ2v) is 4.59. The molecule has 16 heavy (non-hydrogen) atoms. The highest BCUT2D eigenvalue weighted by molar-refractivity contribution is 7.99. The van der Waals surface area contributed by atoms with E-state index >= 15 is 0 Å². The van der Waals surface area contributed by atoms with Crippen molar-refractivity contribution in [3.05, 3.63) is 30.1 Å². The van der Waals surface area contributed by atoms with Gasteiger partial charge in [0.15, 0.2) is 0 Å². The highest BCUT2D eigenvalue weighted by atomic mass is 32.2. The summed E-state index contributed by atoms with van der Waals surface area (Å²) in [4.78, 5) is 15.2. The monoisotopic (exact) mass is 235 g/mol. The highest BCUT2D eigenvalue weighted by Crippen LogP contribution is 2.34. The van der Waals surface area contributed by atoms with E-state index < -0.39 is 11.8 Å². The fourth-order valence-corrected chi connectivity index (χ4v) is 2.47. The van der Waals surface area contributed by atoms with E-state index in [0.717, 1.165) is 11.3 Å². The van der Waals surface area contributed by atoms with E-state index in [-0.39, 0.29) is 5.25 Å². The summed E-state index contributed by atoms with van der Waals surface area (Å²) in [5.41, 5.74) is 6.08. The Morgan fingerprint density at radius 1 is 1.75 bits per heavy atom. The molecule has 1 rings (SSSR count). The Morgan fingerprint density at radius 3 is 2.94 bits per heavy atom. The van der Waals surface area contributed by atoms with Gasteiger partial charge >= 0.3 is 0 Å². The van der Waals surface area contributed by atoms with Crippen molar-refractivity contribution in [2.45, 2.75) is 12.2 Å². The number of hydrogen-bond acceptors (Lipinski definition) is 4. The average molecular weight is 235 g/mol. The van der Waals surface area contributed by atoms with Gasteiger partial charge < -0.3 is 5.73 Å². The highest BCUT2D eigenvalue weighted by Gasteiger charge is 2.27. The fraction of sp³-hybridized carbons (Fsp3) is 0.364. The van der Waals surface area contributed by atoms with Crippen molar-refractivity contribution >= 4 is 17.7 Å². The summed E-state index contributed by atoms with van der Waals surface area (Å²) in [5.74, 6) is -0.586. The Balaban J connectivity index is 3.00. The molecule has 0 spiro atoms. The molecule has 0 saturated heterocycles. The Hall–Kier alpha value is -1.54. The number of nitrogens with two attached hydrogens (primary N) is 1. The van der Waals surface area contributed by atoms with Crippen LogP contribution in [0, 0.1) is 17.2 Å². The van der Waals surface area contributed by atoms with Crippen LogP contribution in [0.15, 0.2) is 24.5 Å². The first-order valence-corrected chi connectivity index (χ1v) is 5.96. The summed E-state index contributed by atoms with van der Waals surface area (Å²) >= 11 is 1.53. The third kappa shape index (κ3) is 2.97. The molecule has 0 fully saturated rings. The van der Waals surface area contributed by atoms with Gasteiger partial charge in [-0.15, -0.1) is 0 Å². The van der Waals surface area contributed by atoms with E-state index in [2.05, 4.69) is 4.98 Å². The van der Waals surface area contributed by atoms with Gasteiger partial charge in [-0.1, -0.05) is 13.0 Å². The lowest BCUT2D eigenvalue weighted by Crippen LogP contribution is -2.26. The van der Waals surface area contributed by atoms with Crippen molar-refractivity contribution in [2.24, 2.45) is 11.7 Å². The van der Waals surface area contributed by atoms with Gasteiger partial charge in [0.1, 0.15) is 5.92 Å². The summed E-state index contributed by atoms with van der Waals surface area (Å²) in [6.07, 6.45) is 3.32. The Morgan fingerprint density at radius 2 is 2.50 bits per heavy atom. The number of nitriles is 1. The third-order valence-electron chi connectivity index (χ3n) is 2.11. The van der Waals surface area contributed by atoms with Gasteiger partial charge in [0.25, 0.3) is 0 Å². The van der Waals surface area contributed by atoms with Crippen LogP contribution in [0.3, 0.4) is 0 Å². The number of aromatic nitrogens is 1. The number of primary amides is 1. The quantitative estimate of drug-likeness (QED) is 0.838. The number of rotatable bonds is 5. The predicted molar refractivity (Wildman–Crippen MR) is 63.4 cm³/mol. The first-order chi connectivity index (χ1) is 7.70. The molecule has 2 N–H and O–H groups in total. The van der Waals surface area contributed by atoms with E-state index in [9.17, 15) is 4.79 Å². The summed E-state index contributed by atoms with van der Waals surface area (Å²) in [6, 6.07) is 5.60. The van der Waals surface area contributed by atoms with Crippen LogP contribution in [0.25, 0.3) is 0 Å². The fourth-order valence-electron chi connectivity index (χ4n) is 1.39. The van der Waals surface area contributed by atoms with Crippen molar-refractivity contribution in [1.29, 1.82) is 5.26 Å². The molecule has 2 unspecified atom stereocenters. The average Bonchev–Trinajstić information content (AvgIpc) is 2.29. The number of carbonyl (C=O) groups is 1. The molecule has 1 aromatic heterocycles. The number of thioether (sulfide) groups is 1.